The maximum absolute atomic E-state index is 12.1. The first-order valence-electron chi connectivity index (χ1n) is 14.9. The molecule has 7 nitrogen and oxygen atoms in total. The number of carbonyl (C=O) groups is 3. The number of hydrogen-bond donors (Lipinski definition) is 2. The monoisotopic (exact) mass is 638 g/mol. The zero-order chi connectivity index (χ0) is 34.3. The average molecular weight is 639 g/mol. The first-order valence-corrected chi connectivity index (χ1v) is 14.9. The van der Waals surface area contributed by atoms with E-state index in [0.717, 1.165) is 11.1 Å². The minimum atomic E-state index is -0.203. The Labute approximate surface area is 279 Å². The Kier molecular flexibility index (Phi) is 12.4. The van der Waals surface area contributed by atoms with Crippen molar-refractivity contribution in [3.05, 3.63) is 191 Å². The average Bonchev–Trinajstić information content (AvgIpc) is 3.15. The Morgan fingerprint density at radius 1 is 0.396 bits per heavy atom. The van der Waals surface area contributed by atoms with Gasteiger partial charge in [-0.15, -0.1) is 0 Å². The van der Waals surface area contributed by atoms with Crippen LogP contribution in [-0.4, -0.2) is 41.8 Å². The van der Waals surface area contributed by atoms with Crippen LogP contribution < -0.4 is 9.47 Å². The molecule has 6 aromatic rings. The third-order valence-corrected chi connectivity index (χ3v) is 7.04. The second-order valence-corrected chi connectivity index (χ2v) is 10.2. The van der Waals surface area contributed by atoms with Gasteiger partial charge in [0, 0.05) is 34.4 Å². The molecule has 0 saturated carbocycles. The number of aromatic hydroxyl groups is 2. The molecular weight excluding hydrogens is 604 g/mol. The zero-order valence-electron chi connectivity index (χ0n) is 26.4. The van der Waals surface area contributed by atoms with Crippen molar-refractivity contribution < 1.29 is 34.1 Å². The van der Waals surface area contributed by atoms with Gasteiger partial charge in [-0.25, -0.2) is 0 Å². The van der Waals surface area contributed by atoms with Gasteiger partial charge >= 0.3 is 0 Å². The normalized spacial score (nSPS) is 9.88. The molecule has 0 radical (unpaired) electrons. The van der Waals surface area contributed by atoms with E-state index in [1.165, 1.54) is 26.4 Å². The molecule has 0 aliphatic heterocycles. The number of ketones is 3. The molecule has 0 heterocycles. The van der Waals surface area contributed by atoms with Crippen LogP contribution in [0.2, 0.25) is 0 Å². The van der Waals surface area contributed by atoms with Crippen molar-refractivity contribution in [1.82, 2.24) is 0 Å². The minimum absolute atomic E-state index is 0.0711. The summed E-state index contributed by atoms with van der Waals surface area (Å²) in [6.45, 7) is 0. The highest BCUT2D eigenvalue weighted by Crippen LogP contribution is 2.26. The van der Waals surface area contributed by atoms with E-state index < -0.39 is 0 Å². The third kappa shape index (κ3) is 9.28. The minimum Gasteiger partial charge on any atom is -0.507 e. The van der Waals surface area contributed by atoms with E-state index in [1.54, 1.807) is 72.8 Å². The molecular formula is C41H34O7. The van der Waals surface area contributed by atoms with Crippen molar-refractivity contribution in [2.45, 2.75) is 0 Å². The molecule has 0 bridgehead atoms. The molecule has 0 spiro atoms. The number of ether oxygens (including phenoxy) is 2. The van der Waals surface area contributed by atoms with Crippen LogP contribution in [0.5, 0.6) is 23.0 Å². The third-order valence-electron chi connectivity index (χ3n) is 7.04. The molecule has 0 aliphatic rings. The summed E-state index contributed by atoms with van der Waals surface area (Å²) < 4.78 is 9.93. The van der Waals surface area contributed by atoms with Gasteiger partial charge in [-0.1, -0.05) is 121 Å². The van der Waals surface area contributed by atoms with E-state index in [9.17, 15) is 24.6 Å². The summed E-state index contributed by atoms with van der Waals surface area (Å²) in [4.78, 5) is 36.0. The smallest absolute Gasteiger partial charge is 0.196 e. The van der Waals surface area contributed by atoms with Crippen LogP contribution in [0.1, 0.15) is 47.8 Å². The number of phenols is 2. The Bertz CT molecular complexity index is 1800. The van der Waals surface area contributed by atoms with Crippen molar-refractivity contribution in [1.29, 1.82) is 0 Å². The fraction of sp³-hybridized carbons (Fsp3) is 0.0488. The van der Waals surface area contributed by atoms with E-state index in [-0.39, 0.29) is 40.0 Å². The van der Waals surface area contributed by atoms with Crippen LogP contribution in [0.4, 0.5) is 0 Å². The molecule has 48 heavy (non-hydrogen) atoms. The number of rotatable bonds is 8. The van der Waals surface area contributed by atoms with Crippen molar-refractivity contribution in [3.8, 4) is 23.0 Å². The fourth-order valence-corrected chi connectivity index (χ4v) is 4.50. The van der Waals surface area contributed by atoms with Crippen LogP contribution in [0.25, 0.3) is 0 Å². The van der Waals surface area contributed by atoms with Gasteiger partial charge in [-0.2, -0.15) is 0 Å². The van der Waals surface area contributed by atoms with Gasteiger partial charge < -0.3 is 19.7 Å². The van der Waals surface area contributed by atoms with Crippen LogP contribution >= 0.6 is 0 Å². The largest absolute Gasteiger partial charge is 0.507 e. The van der Waals surface area contributed by atoms with Crippen LogP contribution in [0, 0.1) is 0 Å². The summed E-state index contributed by atoms with van der Waals surface area (Å²) in [5.41, 5.74) is 3.12. The van der Waals surface area contributed by atoms with E-state index in [2.05, 4.69) is 0 Å². The molecule has 6 rings (SSSR count). The van der Waals surface area contributed by atoms with Gasteiger partial charge in [0.05, 0.1) is 25.3 Å². The maximum Gasteiger partial charge on any atom is 0.196 e. The van der Waals surface area contributed by atoms with Gasteiger partial charge in [-0.05, 0) is 24.3 Å². The van der Waals surface area contributed by atoms with Crippen LogP contribution in [0.3, 0.4) is 0 Å². The summed E-state index contributed by atoms with van der Waals surface area (Å²) in [6, 6.07) is 45.6. The van der Waals surface area contributed by atoms with Gasteiger partial charge in [0.25, 0.3) is 0 Å². The Morgan fingerprint density at radius 2 is 0.667 bits per heavy atom. The Morgan fingerprint density at radius 3 is 0.917 bits per heavy atom. The highest BCUT2D eigenvalue weighted by molar-refractivity contribution is 6.11. The topological polar surface area (TPSA) is 110 Å². The summed E-state index contributed by atoms with van der Waals surface area (Å²) in [7, 11) is 3.01. The number of methoxy groups -OCH3 is 2. The lowest BCUT2D eigenvalue weighted by atomic mass is 10.0. The molecule has 0 atom stereocenters. The van der Waals surface area contributed by atoms with E-state index in [1.807, 2.05) is 72.8 Å². The molecule has 0 amide bonds. The predicted octanol–water partition coefficient (Wildman–Crippen LogP) is 8.18. The zero-order valence-corrected chi connectivity index (χ0v) is 26.4. The van der Waals surface area contributed by atoms with Crippen molar-refractivity contribution in [3.63, 3.8) is 0 Å². The lowest BCUT2D eigenvalue weighted by Crippen LogP contribution is -2.01. The second-order valence-electron chi connectivity index (χ2n) is 10.2. The number of benzene rings is 6. The highest BCUT2D eigenvalue weighted by atomic mass is 16.5. The Balaban J connectivity index is 0.000000163. The molecule has 6 aromatic carbocycles. The summed E-state index contributed by atoms with van der Waals surface area (Å²) in [5, 5.41) is 19.5. The van der Waals surface area contributed by atoms with Crippen molar-refractivity contribution in [2.24, 2.45) is 0 Å². The van der Waals surface area contributed by atoms with Crippen molar-refractivity contribution >= 4 is 17.3 Å². The maximum atomic E-state index is 12.1. The lowest BCUT2D eigenvalue weighted by Gasteiger charge is -2.06. The number of hydrogen-bond acceptors (Lipinski definition) is 7. The number of carbonyl (C=O) groups excluding carboxylic acids is 3. The molecule has 240 valence electrons. The molecule has 0 aliphatic carbocycles. The van der Waals surface area contributed by atoms with Gasteiger partial charge in [0.15, 0.2) is 17.3 Å². The van der Waals surface area contributed by atoms with Crippen LogP contribution in [-0.2, 0) is 0 Å². The molecule has 0 aromatic heterocycles. The first-order chi connectivity index (χ1) is 23.3. The molecule has 7 heteroatoms. The molecule has 0 fully saturated rings. The SMILES string of the molecule is COc1ccc(C(=O)c2ccccc2)c(O)c1.COc1ccc(C(=O)c2ccccc2)c(O)c1.O=C(c1ccccc1)c1ccccc1. The van der Waals surface area contributed by atoms with E-state index >= 15 is 0 Å². The fourth-order valence-electron chi connectivity index (χ4n) is 4.50. The number of phenolic OH excluding ortho intramolecular Hbond substituents is 2. The Hall–Kier alpha value is -6.47. The molecule has 0 unspecified atom stereocenters. The lowest BCUT2D eigenvalue weighted by molar-refractivity contribution is 0.102. The van der Waals surface area contributed by atoms with E-state index in [0.29, 0.717) is 22.6 Å². The summed E-state index contributed by atoms with van der Waals surface area (Å²) in [5.74, 6) is 0.568. The van der Waals surface area contributed by atoms with Crippen molar-refractivity contribution in [2.75, 3.05) is 14.2 Å². The van der Waals surface area contributed by atoms with Crippen LogP contribution in [0.15, 0.2) is 158 Å². The molecule has 2 N–H and O–H groups in total. The van der Waals surface area contributed by atoms with Gasteiger partial charge in [0.1, 0.15) is 23.0 Å². The second kappa shape index (κ2) is 17.3. The summed E-state index contributed by atoms with van der Waals surface area (Å²) >= 11 is 0. The molecule has 0 saturated heterocycles. The standard InChI is InChI=1S/2C14H12O3.C13H10O/c2*1-17-11-7-8-12(13(15)9-11)14(16)10-5-3-2-4-6-10;14-13(11-7-3-1-4-8-11)12-9-5-2-6-10-12/h2*2-9,15H,1H3;1-10H. The quantitative estimate of drug-likeness (QED) is 0.162. The summed E-state index contributed by atoms with van der Waals surface area (Å²) in [6.07, 6.45) is 0. The highest BCUT2D eigenvalue weighted by Gasteiger charge is 2.15. The van der Waals surface area contributed by atoms with E-state index in [4.69, 9.17) is 9.47 Å². The van der Waals surface area contributed by atoms with Gasteiger partial charge in [-0.3, -0.25) is 14.4 Å². The first kappa shape index (κ1) is 34.4. The van der Waals surface area contributed by atoms with Gasteiger partial charge in [0.2, 0.25) is 0 Å². The predicted molar refractivity (Wildman–Crippen MR) is 185 cm³/mol.